The second-order valence-electron chi connectivity index (χ2n) is 3.92. The Labute approximate surface area is 112 Å². The number of hydrogen-bond donors (Lipinski definition) is 1. The Balaban J connectivity index is 1.82. The van der Waals surface area contributed by atoms with Crippen LogP contribution in [-0.2, 0) is 5.75 Å². The monoisotopic (exact) mass is 277 g/mol. The van der Waals surface area contributed by atoms with Crippen LogP contribution >= 0.6 is 11.8 Å². The van der Waals surface area contributed by atoms with E-state index in [1.54, 1.807) is 0 Å². The highest BCUT2D eigenvalue weighted by Gasteiger charge is 2.11. The lowest BCUT2D eigenvalue weighted by Gasteiger charge is -2.01. The van der Waals surface area contributed by atoms with Crippen molar-refractivity contribution in [3.63, 3.8) is 0 Å². The first kappa shape index (κ1) is 12.1. The Bertz CT molecular complexity index is 673. The van der Waals surface area contributed by atoms with Crippen molar-refractivity contribution in [3.8, 4) is 0 Å². The number of nitrogens with zero attached hydrogens (tertiary/aromatic N) is 2. The summed E-state index contributed by atoms with van der Waals surface area (Å²) in [7, 11) is 0. The Morgan fingerprint density at radius 1 is 1.11 bits per heavy atom. The average Bonchev–Trinajstić information content (AvgIpc) is 2.81. The third-order valence-corrected chi connectivity index (χ3v) is 3.70. The second-order valence-corrected chi connectivity index (χ2v) is 4.91. The number of fused-ring (bicyclic) bond motifs is 1. The van der Waals surface area contributed by atoms with Crippen molar-refractivity contribution < 1.29 is 8.78 Å². The molecule has 0 fully saturated rings. The lowest BCUT2D eigenvalue weighted by Crippen LogP contribution is -1.91. The van der Waals surface area contributed by atoms with Gasteiger partial charge in [-0.3, -0.25) is 4.98 Å². The fraction of sp³-hybridized carbons (Fsp3) is 0.0769. The zero-order valence-corrected chi connectivity index (χ0v) is 10.5. The maximum Gasteiger partial charge on any atom is 0.158 e. The molecular weight excluding hydrogens is 268 g/mol. The van der Waals surface area contributed by atoms with Gasteiger partial charge in [0.1, 0.15) is 5.82 Å². The van der Waals surface area contributed by atoms with Crippen molar-refractivity contribution in [2.45, 2.75) is 10.6 Å². The number of benzene rings is 1. The number of halogens is 2. The standard InChI is InChI=1S/C13H9F2N3S/c14-8-5-16-6-9(15)13(8)19-7-12-17-10-3-1-2-4-11(10)18-12/h1-6H,7H2,(H,17,18). The van der Waals surface area contributed by atoms with Gasteiger partial charge in [0, 0.05) is 0 Å². The summed E-state index contributed by atoms with van der Waals surface area (Å²) < 4.78 is 26.8. The summed E-state index contributed by atoms with van der Waals surface area (Å²) in [6, 6.07) is 7.58. The molecule has 0 saturated carbocycles. The molecule has 1 aromatic carbocycles. The topological polar surface area (TPSA) is 41.6 Å². The van der Waals surface area contributed by atoms with Crippen LogP contribution in [0.15, 0.2) is 41.6 Å². The van der Waals surface area contributed by atoms with E-state index >= 15 is 0 Å². The minimum Gasteiger partial charge on any atom is -0.341 e. The summed E-state index contributed by atoms with van der Waals surface area (Å²) in [5, 5.41) is 0. The largest absolute Gasteiger partial charge is 0.341 e. The van der Waals surface area contributed by atoms with Crippen LogP contribution in [0.25, 0.3) is 11.0 Å². The molecule has 3 rings (SSSR count). The molecule has 0 aliphatic carbocycles. The first-order chi connectivity index (χ1) is 9.24. The van der Waals surface area contributed by atoms with E-state index in [0.717, 1.165) is 35.2 Å². The van der Waals surface area contributed by atoms with E-state index in [9.17, 15) is 8.78 Å². The molecule has 0 unspecified atom stereocenters. The smallest absolute Gasteiger partial charge is 0.158 e. The number of pyridine rings is 1. The predicted molar refractivity (Wildman–Crippen MR) is 69.8 cm³/mol. The zero-order valence-electron chi connectivity index (χ0n) is 9.73. The number of imidazole rings is 1. The molecule has 96 valence electrons. The van der Waals surface area contributed by atoms with Crippen LogP contribution in [0.5, 0.6) is 0 Å². The summed E-state index contributed by atoms with van der Waals surface area (Å²) in [6.07, 6.45) is 2.01. The normalized spacial score (nSPS) is 11.1. The molecule has 1 N–H and O–H groups in total. The van der Waals surface area contributed by atoms with Gasteiger partial charge in [0.05, 0.1) is 34.1 Å². The molecule has 3 aromatic rings. The molecular formula is C13H9F2N3S. The molecule has 0 aliphatic heterocycles. The number of nitrogens with one attached hydrogen (secondary N) is 1. The van der Waals surface area contributed by atoms with Gasteiger partial charge in [0.15, 0.2) is 11.6 Å². The molecule has 2 heterocycles. The van der Waals surface area contributed by atoms with Gasteiger partial charge in [0.2, 0.25) is 0 Å². The number of H-pyrrole nitrogens is 1. The zero-order chi connectivity index (χ0) is 13.2. The summed E-state index contributed by atoms with van der Waals surface area (Å²) in [5.41, 5.74) is 1.75. The number of rotatable bonds is 3. The van der Waals surface area contributed by atoms with Crippen LogP contribution in [0.3, 0.4) is 0 Å². The van der Waals surface area contributed by atoms with Crippen molar-refractivity contribution >= 4 is 22.8 Å². The Morgan fingerprint density at radius 2 is 1.84 bits per heavy atom. The summed E-state index contributed by atoms with van der Waals surface area (Å²) in [4.78, 5) is 10.9. The number of thioether (sulfide) groups is 1. The molecule has 2 aromatic heterocycles. The molecule has 0 radical (unpaired) electrons. The summed E-state index contributed by atoms with van der Waals surface area (Å²) in [5.74, 6) is -0.254. The van der Waals surface area contributed by atoms with E-state index in [0.29, 0.717) is 11.6 Å². The van der Waals surface area contributed by atoms with Gasteiger partial charge in [-0.05, 0) is 12.1 Å². The molecule has 0 spiro atoms. The van der Waals surface area contributed by atoms with E-state index in [2.05, 4.69) is 15.0 Å². The minimum absolute atomic E-state index is 0.0320. The molecule has 3 nitrogen and oxygen atoms in total. The van der Waals surface area contributed by atoms with Crippen molar-refractivity contribution in [2.24, 2.45) is 0 Å². The molecule has 0 saturated heterocycles. The van der Waals surface area contributed by atoms with Crippen molar-refractivity contribution in [1.29, 1.82) is 0 Å². The minimum atomic E-state index is -0.652. The SMILES string of the molecule is Fc1cncc(F)c1SCc1nc2ccccc2[nH]1. The number of aromatic nitrogens is 3. The third kappa shape index (κ3) is 2.44. The van der Waals surface area contributed by atoms with Gasteiger partial charge in [-0.15, -0.1) is 11.8 Å². The first-order valence-corrected chi connectivity index (χ1v) is 6.58. The molecule has 0 bridgehead atoms. The maximum atomic E-state index is 13.4. The van der Waals surface area contributed by atoms with Gasteiger partial charge < -0.3 is 4.98 Å². The number of aromatic amines is 1. The quantitative estimate of drug-likeness (QED) is 0.745. The molecule has 6 heteroatoms. The average molecular weight is 277 g/mol. The lowest BCUT2D eigenvalue weighted by molar-refractivity contribution is 0.530. The van der Waals surface area contributed by atoms with E-state index in [1.807, 2.05) is 24.3 Å². The fourth-order valence-electron chi connectivity index (χ4n) is 1.75. The van der Waals surface area contributed by atoms with E-state index in [4.69, 9.17) is 0 Å². The van der Waals surface area contributed by atoms with Crippen LogP contribution in [0.1, 0.15) is 5.82 Å². The second kappa shape index (κ2) is 4.97. The van der Waals surface area contributed by atoms with Crippen molar-refractivity contribution in [1.82, 2.24) is 15.0 Å². The molecule has 0 aliphatic rings. The van der Waals surface area contributed by atoms with Crippen molar-refractivity contribution in [2.75, 3.05) is 0 Å². The highest BCUT2D eigenvalue weighted by Crippen LogP contribution is 2.27. The van der Waals surface area contributed by atoms with E-state index in [1.165, 1.54) is 0 Å². The molecule has 0 amide bonds. The first-order valence-electron chi connectivity index (χ1n) is 5.59. The number of para-hydroxylation sites is 2. The van der Waals surface area contributed by atoms with Crippen LogP contribution in [0.4, 0.5) is 8.78 Å². The maximum absolute atomic E-state index is 13.4. The summed E-state index contributed by atoms with van der Waals surface area (Å²) in [6.45, 7) is 0. The van der Waals surface area contributed by atoms with Gasteiger partial charge >= 0.3 is 0 Å². The van der Waals surface area contributed by atoms with Crippen LogP contribution < -0.4 is 0 Å². The van der Waals surface area contributed by atoms with Gasteiger partial charge in [-0.25, -0.2) is 13.8 Å². The van der Waals surface area contributed by atoms with Crippen LogP contribution in [0.2, 0.25) is 0 Å². The van der Waals surface area contributed by atoms with Gasteiger partial charge in [-0.1, -0.05) is 12.1 Å². The van der Waals surface area contributed by atoms with Crippen molar-refractivity contribution in [3.05, 3.63) is 54.1 Å². The summed E-state index contributed by atoms with van der Waals surface area (Å²) >= 11 is 1.06. The fourth-order valence-corrected chi connectivity index (χ4v) is 2.55. The third-order valence-electron chi connectivity index (χ3n) is 2.60. The number of hydrogen-bond acceptors (Lipinski definition) is 3. The Kier molecular flexibility index (Phi) is 3.16. The Hall–Kier alpha value is -1.95. The van der Waals surface area contributed by atoms with Gasteiger partial charge in [-0.2, -0.15) is 0 Å². The van der Waals surface area contributed by atoms with E-state index < -0.39 is 11.6 Å². The lowest BCUT2D eigenvalue weighted by atomic mass is 10.3. The van der Waals surface area contributed by atoms with Crippen LogP contribution in [-0.4, -0.2) is 15.0 Å². The molecule has 19 heavy (non-hydrogen) atoms. The van der Waals surface area contributed by atoms with Crippen LogP contribution in [0, 0.1) is 11.6 Å². The van der Waals surface area contributed by atoms with Gasteiger partial charge in [0.25, 0.3) is 0 Å². The highest BCUT2D eigenvalue weighted by atomic mass is 32.2. The Morgan fingerprint density at radius 3 is 2.58 bits per heavy atom. The van der Waals surface area contributed by atoms with E-state index in [-0.39, 0.29) is 4.90 Å². The highest BCUT2D eigenvalue weighted by molar-refractivity contribution is 7.98. The molecule has 0 atom stereocenters. The predicted octanol–water partition coefficient (Wildman–Crippen LogP) is 3.53.